The van der Waals surface area contributed by atoms with Crippen LogP contribution in [0.15, 0.2) is 24.5 Å². The summed E-state index contributed by atoms with van der Waals surface area (Å²) >= 11 is 4.33. The molecule has 19 heavy (non-hydrogen) atoms. The van der Waals surface area contributed by atoms with Gasteiger partial charge in [0.25, 0.3) is 0 Å². The molecule has 0 radical (unpaired) electrons. The molecule has 2 aromatic heterocycles. The molecule has 0 saturated carbocycles. The molecule has 0 N–H and O–H groups in total. The van der Waals surface area contributed by atoms with E-state index in [1.165, 1.54) is 0 Å². The number of pyridine rings is 1. The summed E-state index contributed by atoms with van der Waals surface area (Å²) in [4.78, 5) is 4.32. The molecule has 0 spiro atoms. The fraction of sp³-hybridized carbons (Fsp3) is 0.462. The predicted octanol–water partition coefficient (Wildman–Crippen LogP) is 2.03. The van der Waals surface area contributed by atoms with E-state index in [-0.39, 0.29) is 18.3 Å². The lowest BCUT2D eigenvalue weighted by Gasteiger charge is -2.32. The molecule has 0 unspecified atom stereocenters. The fourth-order valence-corrected chi connectivity index (χ4v) is 2.45. The molecule has 6 heteroatoms. The lowest BCUT2D eigenvalue weighted by Crippen LogP contribution is -2.41. The normalized spacial score (nSPS) is 21.2. The number of thiol groups is 1. The topological polar surface area (TPSA) is 36.3 Å². The minimum absolute atomic E-state index is 0.337. The molecule has 0 bridgehead atoms. The summed E-state index contributed by atoms with van der Waals surface area (Å²) in [6.07, 6.45) is 3.63. The lowest BCUT2D eigenvalue weighted by atomic mass is 9.78. The number of hydrogen-bond donors (Lipinski definition) is 1. The van der Waals surface area contributed by atoms with Crippen molar-refractivity contribution in [3.63, 3.8) is 0 Å². The van der Waals surface area contributed by atoms with Crippen LogP contribution < -0.4 is 5.46 Å². The highest BCUT2D eigenvalue weighted by Crippen LogP contribution is 2.36. The summed E-state index contributed by atoms with van der Waals surface area (Å²) < 4.78 is 13.9. The van der Waals surface area contributed by atoms with E-state index in [9.17, 15) is 0 Å². The van der Waals surface area contributed by atoms with Crippen molar-refractivity contribution >= 4 is 36.4 Å². The summed E-state index contributed by atoms with van der Waals surface area (Å²) in [6.45, 7) is 8.20. The zero-order valence-corrected chi connectivity index (χ0v) is 12.4. The Labute approximate surface area is 118 Å². The van der Waals surface area contributed by atoms with Gasteiger partial charge >= 0.3 is 7.12 Å². The minimum atomic E-state index is -0.369. The van der Waals surface area contributed by atoms with Crippen molar-refractivity contribution in [2.45, 2.75) is 38.9 Å². The van der Waals surface area contributed by atoms with Gasteiger partial charge in [-0.2, -0.15) is 0 Å². The average Bonchev–Trinajstić information content (AvgIpc) is 2.78. The molecule has 100 valence electrons. The van der Waals surface area contributed by atoms with E-state index in [0.717, 1.165) is 16.5 Å². The van der Waals surface area contributed by atoms with Gasteiger partial charge in [-0.3, -0.25) is 3.97 Å². The van der Waals surface area contributed by atoms with E-state index in [0.29, 0.717) is 0 Å². The first kappa shape index (κ1) is 13.0. The van der Waals surface area contributed by atoms with E-state index < -0.39 is 0 Å². The summed E-state index contributed by atoms with van der Waals surface area (Å²) in [7, 11) is -0.369. The molecule has 4 nitrogen and oxygen atoms in total. The smallest absolute Gasteiger partial charge is 0.399 e. The number of fused-ring (bicyclic) bond motifs is 1. The lowest BCUT2D eigenvalue weighted by molar-refractivity contribution is 0.00578. The molecular formula is C13H17BN2O2S. The number of rotatable bonds is 1. The highest BCUT2D eigenvalue weighted by atomic mass is 32.1. The molecule has 0 amide bonds. The van der Waals surface area contributed by atoms with Crippen molar-refractivity contribution < 1.29 is 9.31 Å². The van der Waals surface area contributed by atoms with Crippen LogP contribution in [-0.2, 0) is 9.31 Å². The van der Waals surface area contributed by atoms with Crippen molar-refractivity contribution in [1.29, 1.82) is 0 Å². The monoisotopic (exact) mass is 276 g/mol. The Kier molecular flexibility index (Phi) is 2.75. The molecule has 2 aromatic rings. The van der Waals surface area contributed by atoms with Crippen molar-refractivity contribution in [3.05, 3.63) is 24.5 Å². The SMILES string of the molecule is CC1(C)OB(c2ccnc3c2ccn3S)OC1(C)C. The van der Waals surface area contributed by atoms with Crippen molar-refractivity contribution in [2.75, 3.05) is 0 Å². The van der Waals surface area contributed by atoms with Crippen LogP contribution in [0.4, 0.5) is 0 Å². The zero-order chi connectivity index (χ0) is 13.8. The maximum atomic E-state index is 6.08. The maximum Gasteiger partial charge on any atom is 0.495 e. The van der Waals surface area contributed by atoms with Gasteiger partial charge in [-0.25, -0.2) is 4.98 Å². The Morgan fingerprint density at radius 1 is 1.16 bits per heavy atom. The van der Waals surface area contributed by atoms with Gasteiger partial charge in [-0.15, -0.1) is 0 Å². The van der Waals surface area contributed by atoms with Crippen LogP contribution in [0.2, 0.25) is 0 Å². The largest absolute Gasteiger partial charge is 0.495 e. The first-order chi connectivity index (χ1) is 8.82. The van der Waals surface area contributed by atoms with Crippen molar-refractivity contribution in [3.8, 4) is 0 Å². The van der Waals surface area contributed by atoms with Gasteiger partial charge in [0.15, 0.2) is 0 Å². The van der Waals surface area contributed by atoms with Gasteiger partial charge in [-0.1, -0.05) is 12.8 Å². The van der Waals surface area contributed by atoms with Gasteiger partial charge in [0, 0.05) is 17.8 Å². The Hall–Kier alpha value is -0.975. The van der Waals surface area contributed by atoms with Crippen LogP contribution in [0.5, 0.6) is 0 Å². The Morgan fingerprint density at radius 3 is 2.42 bits per heavy atom. The molecule has 1 aliphatic rings. The van der Waals surface area contributed by atoms with Gasteiger partial charge < -0.3 is 9.31 Å². The van der Waals surface area contributed by atoms with Crippen LogP contribution in [0.1, 0.15) is 27.7 Å². The first-order valence-electron chi connectivity index (χ1n) is 6.33. The predicted molar refractivity (Wildman–Crippen MR) is 79.8 cm³/mol. The molecular weight excluding hydrogens is 259 g/mol. The molecule has 1 saturated heterocycles. The second-order valence-electron chi connectivity index (χ2n) is 5.89. The zero-order valence-electron chi connectivity index (χ0n) is 11.5. The van der Waals surface area contributed by atoms with E-state index in [4.69, 9.17) is 9.31 Å². The van der Waals surface area contributed by atoms with Crippen LogP contribution >= 0.6 is 12.8 Å². The Bertz CT molecular complexity index is 623. The first-order valence-corrected chi connectivity index (χ1v) is 6.73. The number of hydrogen-bond acceptors (Lipinski definition) is 4. The van der Waals surface area contributed by atoms with Gasteiger partial charge in [-0.05, 0) is 45.3 Å². The van der Waals surface area contributed by atoms with Crippen molar-refractivity contribution in [1.82, 2.24) is 8.96 Å². The summed E-state index contributed by atoms with van der Waals surface area (Å²) in [5, 5.41) is 1.01. The van der Waals surface area contributed by atoms with Crippen LogP contribution in [-0.4, -0.2) is 27.3 Å². The molecule has 1 fully saturated rings. The molecule has 0 atom stereocenters. The van der Waals surface area contributed by atoms with E-state index in [1.807, 2.05) is 18.3 Å². The quantitative estimate of drug-likeness (QED) is 0.639. The highest BCUT2D eigenvalue weighted by Gasteiger charge is 2.52. The average molecular weight is 276 g/mol. The third kappa shape index (κ3) is 1.90. The molecule has 0 aliphatic carbocycles. The highest BCUT2D eigenvalue weighted by molar-refractivity contribution is 7.78. The number of aromatic nitrogens is 2. The third-order valence-electron chi connectivity index (χ3n) is 4.11. The molecule has 1 aliphatic heterocycles. The minimum Gasteiger partial charge on any atom is -0.399 e. The van der Waals surface area contributed by atoms with Gasteiger partial charge in [0.1, 0.15) is 5.65 Å². The van der Waals surface area contributed by atoms with Crippen molar-refractivity contribution in [2.24, 2.45) is 0 Å². The van der Waals surface area contributed by atoms with E-state index in [1.54, 1.807) is 10.2 Å². The Morgan fingerprint density at radius 2 is 1.79 bits per heavy atom. The number of nitrogens with zero attached hydrogens (tertiary/aromatic N) is 2. The van der Waals surface area contributed by atoms with Crippen LogP contribution in [0.25, 0.3) is 11.0 Å². The second-order valence-corrected chi connectivity index (χ2v) is 6.32. The van der Waals surface area contributed by atoms with E-state index >= 15 is 0 Å². The summed E-state index contributed by atoms with van der Waals surface area (Å²) in [6, 6.07) is 3.92. The summed E-state index contributed by atoms with van der Waals surface area (Å²) in [5.41, 5.74) is 1.14. The maximum absolute atomic E-state index is 6.08. The van der Waals surface area contributed by atoms with Gasteiger partial charge in [0.05, 0.1) is 11.2 Å². The second kappa shape index (κ2) is 4.01. The summed E-state index contributed by atoms with van der Waals surface area (Å²) in [5.74, 6) is 0. The third-order valence-corrected chi connectivity index (χ3v) is 4.43. The molecule has 3 rings (SSSR count). The standard InChI is InChI=1S/C13H17BN2O2S/c1-12(2)13(3,4)18-14(17-12)10-5-7-15-11-9(10)6-8-16(11)19/h5-8,19H,1-4H3. The van der Waals surface area contributed by atoms with Gasteiger partial charge in [0.2, 0.25) is 0 Å². The van der Waals surface area contributed by atoms with Crippen LogP contribution in [0.3, 0.4) is 0 Å². The molecule has 0 aromatic carbocycles. The Balaban J connectivity index is 2.07. The van der Waals surface area contributed by atoms with E-state index in [2.05, 4.69) is 45.5 Å². The fourth-order valence-electron chi connectivity index (χ4n) is 2.22. The molecule has 3 heterocycles. The van der Waals surface area contributed by atoms with Crippen LogP contribution in [0, 0.1) is 0 Å².